The summed E-state index contributed by atoms with van der Waals surface area (Å²) in [6.07, 6.45) is -3.28. The van der Waals surface area contributed by atoms with Crippen LogP contribution in [0.1, 0.15) is 11.1 Å². The second-order valence-electron chi connectivity index (χ2n) is 6.11. The van der Waals surface area contributed by atoms with Gasteiger partial charge in [0.2, 0.25) is 0 Å². The fourth-order valence-corrected chi connectivity index (χ4v) is 2.91. The van der Waals surface area contributed by atoms with E-state index >= 15 is 0 Å². The zero-order chi connectivity index (χ0) is 19.9. The Balaban J connectivity index is 1.75. The lowest BCUT2D eigenvalue weighted by Gasteiger charge is -2.13. The molecule has 5 nitrogen and oxygen atoms in total. The molecular weight excluding hydrogens is 376 g/mol. The topological polar surface area (TPSA) is 52.2 Å². The van der Waals surface area contributed by atoms with Crippen LogP contribution < -0.4 is 5.56 Å². The first-order valence-electron chi connectivity index (χ1n) is 8.19. The highest BCUT2D eigenvalue weighted by atomic mass is 19.4. The van der Waals surface area contributed by atoms with Gasteiger partial charge in [0.25, 0.3) is 5.56 Å². The lowest BCUT2D eigenvalue weighted by atomic mass is 10.1. The van der Waals surface area contributed by atoms with Crippen LogP contribution in [0.25, 0.3) is 16.8 Å². The number of benzene rings is 2. The van der Waals surface area contributed by atoms with Gasteiger partial charge in [-0.15, -0.1) is 0 Å². The number of rotatable bonds is 3. The van der Waals surface area contributed by atoms with E-state index < -0.39 is 23.1 Å². The molecule has 9 heteroatoms. The summed E-state index contributed by atoms with van der Waals surface area (Å²) in [5, 5.41) is 8.14. The number of hydrogen-bond acceptors (Lipinski definition) is 3. The third kappa shape index (κ3) is 3.26. The van der Waals surface area contributed by atoms with Gasteiger partial charge >= 0.3 is 6.18 Å². The Morgan fingerprint density at radius 2 is 1.71 bits per heavy atom. The molecule has 4 rings (SSSR count). The van der Waals surface area contributed by atoms with E-state index in [2.05, 4.69) is 10.2 Å². The average molecular weight is 388 g/mol. The second-order valence-corrected chi connectivity index (χ2v) is 6.11. The number of halogens is 4. The quantitative estimate of drug-likeness (QED) is 0.502. The highest BCUT2D eigenvalue weighted by Crippen LogP contribution is 2.32. The summed E-state index contributed by atoms with van der Waals surface area (Å²) in [5.41, 5.74) is -0.290. The predicted molar refractivity (Wildman–Crippen MR) is 93.2 cm³/mol. The molecule has 0 aliphatic heterocycles. The van der Waals surface area contributed by atoms with Gasteiger partial charge in [-0.1, -0.05) is 18.2 Å². The molecule has 4 aromatic rings. The van der Waals surface area contributed by atoms with Crippen LogP contribution in [0.4, 0.5) is 17.6 Å². The lowest BCUT2D eigenvalue weighted by molar-refractivity contribution is -0.138. The molecule has 0 saturated carbocycles. The molecule has 2 heterocycles. The fraction of sp³-hybridized carbons (Fsp3) is 0.105. The maximum absolute atomic E-state index is 13.2. The van der Waals surface area contributed by atoms with E-state index in [4.69, 9.17) is 0 Å². The van der Waals surface area contributed by atoms with Crippen molar-refractivity contribution in [1.29, 1.82) is 0 Å². The van der Waals surface area contributed by atoms with Crippen molar-refractivity contribution < 1.29 is 17.6 Å². The van der Waals surface area contributed by atoms with Crippen molar-refractivity contribution in [2.24, 2.45) is 0 Å². The maximum Gasteiger partial charge on any atom is 0.416 e. The minimum atomic E-state index is -4.53. The SMILES string of the molecule is O=c1c2cc(-c3ccc(F)cc3)nn2cnn1Cc1ccccc1C(F)(F)F. The fourth-order valence-electron chi connectivity index (χ4n) is 2.91. The van der Waals surface area contributed by atoms with Crippen LogP contribution in [0.3, 0.4) is 0 Å². The molecule has 0 amide bonds. The van der Waals surface area contributed by atoms with Gasteiger partial charge in [-0.05, 0) is 42.0 Å². The van der Waals surface area contributed by atoms with Crippen molar-refractivity contribution in [1.82, 2.24) is 19.4 Å². The first kappa shape index (κ1) is 17.9. The molecule has 0 aliphatic carbocycles. The Hall–Kier alpha value is -3.49. The van der Waals surface area contributed by atoms with Crippen molar-refractivity contribution in [2.75, 3.05) is 0 Å². The molecule has 0 aliphatic rings. The Kier molecular flexibility index (Phi) is 4.21. The van der Waals surface area contributed by atoms with Gasteiger partial charge in [0, 0.05) is 5.56 Å². The van der Waals surface area contributed by atoms with Crippen LogP contribution in [0.2, 0.25) is 0 Å². The van der Waals surface area contributed by atoms with Crippen LogP contribution in [0.15, 0.2) is 65.7 Å². The Labute approximate surface area is 155 Å². The standard InChI is InChI=1S/C19H12F4N4O/c20-14-7-5-12(6-8-14)16-9-17-18(28)26(24-11-27(17)25-16)10-13-3-1-2-4-15(13)19(21,22)23/h1-9,11H,10H2. The largest absolute Gasteiger partial charge is 0.416 e. The molecule has 0 fully saturated rings. The predicted octanol–water partition coefficient (Wildman–Crippen LogP) is 3.76. The normalized spacial score (nSPS) is 11.9. The van der Waals surface area contributed by atoms with Crippen molar-refractivity contribution in [3.63, 3.8) is 0 Å². The van der Waals surface area contributed by atoms with E-state index in [1.54, 1.807) is 0 Å². The van der Waals surface area contributed by atoms with E-state index in [0.717, 1.165) is 10.7 Å². The molecule has 0 unspecified atom stereocenters. The lowest BCUT2D eigenvalue weighted by Crippen LogP contribution is -2.26. The molecule has 2 aromatic heterocycles. The van der Waals surface area contributed by atoms with Crippen molar-refractivity contribution in [2.45, 2.75) is 12.7 Å². The molecule has 0 spiro atoms. The molecular formula is C19H12F4N4O. The summed E-state index contributed by atoms with van der Waals surface area (Å²) in [7, 11) is 0. The van der Waals surface area contributed by atoms with Gasteiger partial charge in [-0.3, -0.25) is 4.79 Å². The molecule has 0 N–H and O–H groups in total. The van der Waals surface area contributed by atoms with Gasteiger partial charge in [0.1, 0.15) is 17.7 Å². The number of aromatic nitrogens is 4. The summed E-state index contributed by atoms with van der Waals surface area (Å²) in [6, 6.07) is 12.1. The Morgan fingerprint density at radius 3 is 2.43 bits per heavy atom. The van der Waals surface area contributed by atoms with Gasteiger partial charge in [0.05, 0.1) is 17.8 Å². The minimum Gasteiger partial charge on any atom is -0.265 e. The van der Waals surface area contributed by atoms with Crippen molar-refractivity contribution in [3.05, 3.63) is 88.2 Å². The van der Waals surface area contributed by atoms with E-state index in [1.807, 2.05) is 0 Å². The number of hydrogen-bond donors (Lipinski definition) is 0. The minimum absolute atomic E-state index is 0.0628. The van der Waals surface area contributed by atoms with Crippen LogP contribution in [0, 0.1) is 5.82 Å². The zero-order valence-corrected chi connectivity index (χ0v) is 14.2. The van der Waals surface area contributed by atoms with Crippen LogP contribution in [0.5, 0.6) is 0 Å². The monoisotopic (exact) mass is 388 g/mol. The second kappa shape index (κ2) is 6.59. The molecule has 0 bridgehead atoms. The molecule has 0 saturated heterocycles. The molecule has 0 atom stereocenters. The van der Waals surface area contributed by atoms with Crippen molar-refractivity contribution in [3.8, 4) is 11.3 Å². The summed E-state index contributed by atoms with van der Waals surface area (Å²) < 4.78 is 54.8. The zero-order valence-electron chi connectivity index (χ0n) is 14.2. The van der Waals surface area contributed by atoms with E-state index in [-0.39, 0.29) is 17.6 Å². The maximum atomic E-state index is 13.2. The smallest absolute Gasteiger partial charge is 0.265 e. The van der Waals surface area contributed by atoms with Crippen molar-refractivity contribution >= 4 is 5.52 Å². The first-order chi connectivity index (χ1) is 13.3. The van der Waals surface area contributed by atoms with E-state index in [9.17, 15) is 22.4 Å². The van der Waals surface area contributed by atoms with Gasteiger partial charge < -0.3 is 0 Å². The van der Waals surface area contributed by atoms with E-state index in [1.165, 1.54) is 59.4 Å². The number of fused-ring (bicyclic) bond motifs is 1. The van der Waals surface area contributed by atoms with Crippen LogP contribution >= 0.6 is 0 Å². The number of alkyl halides is 3. The van der Waals surface area contributed by atoms with Gasteiger partial charge in [0.15, 0.2) is 0 Å². The Morgan fingerprint density at radius 1 is 1.00 bits per heavy atom. The van der Waals surface area contributed by atoms with Gasteiger partial charge in [-0.25, -0.2) is 13.6 Å². The highest BCUT2D eigenvalue weighted by molar-refractivity contribution is 5.65. The summed E-state index contributed by atoms with van der Waals surface area (Å²) >= 11 is 0. The van der Waals surface area contributed by atoms with Gasteiger partial charge in [-0.2, -0.15) is 23.4 Å². The van der Waals surface area contributed by atoms with Crippen LogP contribution in [-0.2, 0) is 12.7 Å². The summed E-state index contributed by atoms with van der Waals surface area (Å²) in [6.45, 7) is -0.331. The molecule has 2 aromatic carbocycles. The number of nitrogens with zero attached hydrogens (tertiary/aromatic N) is 4. The highest BCUT2D eigenvalue weighted by Gasteiger charge is 2.33. The summed E-state index contributed by atoms with van der Waals surface area (Å²) in [5.74, 6) is -0.403. The Bertz CT molecular complexity index is 1210. The molecule has 0 radical (unpaired) electrons. The molecule has 28 heavy (non-hydrogen) atoms. The third-order valence-electron chi connectivity index (χ3n) is 4.27. The third-order valence-corrected chi connectivity index (χ3v) is 4.27. The molecule has 142 valence electrons. The van der Waals surface area contributed by atoms with E-state index in [0.29, 0.717) is 11.3 Å². The first-order valence-corrected chi connectivity index (χ1v) is 8.19. The average Bonchev–Trinajstić information content (AvgIpc) is 3.09. The summed E-state index contributed by atoms with van der Waals surface area (Å²) in [4.78, 5) is 12.7. The van der Waals surface area contributed by atoms with Crippen LogP contribution in [-0.4, -0.2) is 19.4 Å².